The minimum Gasteiger partial charge on any atom is -0.479 e. The van der Waals surface area contributed by atoms with Crippen molar-refractivity contribution in [3.05, 3.63) is 42.0 Å². The second-order valence-corrected chi connectivity index (χ2v) is 10.4. The van der Waals surface area contributed by atoms with Crippen LogP contribution in [0.3, 0.4) is 0 Å². The molecule has 0 radical (unpaired) electrons. The van der Waals surface area contributed by atoms with Crippen LogP contribution < -0.4 is 9.47 Å². The van der Waals surface area contributed by atoms with Crippen molar-refractivity contribution in [2.75, 3.05) is 34.0 Å². The van der Waals surface area contributed by atoms with Gasteiger partial charge in [0.2, 0.25) is 11.8 Å². The Bertz CT molecular complexity index is 1280. The second kappa shape index (κ2) is 10.8. The predicted octanol–water partition coefficient (Wildman–Crippen LogP) is 1.20. The third kappa shape index (κ3) is 5.12. The highest BCUT2D eigenvalue weighted by Crippen LogP contribution is 2.34. The topological polar surface area (TPSA) is 153 Å². The van der Waals surface area contributed by atoms with E-state index in [1.54, 1.807) is 13.8 Å². The number of nitrogens with zero attached hydrogens (tertiary/aromatic N) is 7. The van der Waals surface area contributed by atoms with Gasteiger partial charge in [-0.05, 0) is 6.92 Å². The van der Waals surface area contributed by atoms with E-state index in [0.717, 1.165) is 12.4 Å². The summed E-state index contributed by atoms with van der Waals surface area (Å²) in [5.41, 5.74) is 0.226. The molecule has 194 valence electrons. The van der Waals surface area contributed by atoms with Crippen LogP contribution >= 0.6 is 0 Å². The van der Waals surface area contributed by atoms with Crippen molar-refractivity contribution in [1.29, 1.82) is 0 Å². The van der Waals surface area contributed by atoms with E-state index in [0.29, 0.717) is 13.2 Å². The van der Waals surface area contributed by atoms with E-state index in [4.69, 9.17) is 18.9 Å². The van der Waals surface area contributed by atoms with Gasteiger partial charge in [-0.15, -0.1) is 10.2 Å². The summed E-state index contributed by atoms with van der Waals surface area (Å²) in [7, 11) is -1.02. The van der Waals surface area contributed by atoms with Gasteiger partial charge < -0.3 is 18.9 Å². The Morgan fingerprint density at radius 3 is 2.33 bits per heavy atom. The molecular weight excluding hydrogens is 497 g/mol. The maximum absolute atomic E-state index is 13.5. The molecule has 3 aromatic rings. The summed E-state index contributed by atoms with van der Waals surface area (Å²) in [6, 6.07) is 0. The quantitative estimate of drug-likeness (QED) is 0.396. The van der Waals surface area contributed by atoms with E-state index in [1.165, 1.54) is 25.1 Å². The lowest BCUT2D eigenvalue weighted by Crippen LogP contribution is -2.28. The number of halogens is 1. The number of hydrogen-bond acceptors (Lipinski definition) is 12. The Morgan fingerprint density at radius 2 is 1.75 bits per heavy atom. The number of hydrogen-bond donors (Lipinski definition) is 0. The molecule has 1 aliphatic rings. The Kier molecular flexibility index (Phi) is 7.70. The van der Waals surface area contributed by atoms with Gasteiger partial charge in [0.25, 0.3) is 0 Å². The summed E-state index contributed by atoms with van der Waals surface area (Å²) in [6.07, 6.45) is 2.64. The largest absolute Gasteiger partial charge is 0.479 e. The molecule has 0 aliphatic carbocycles. The molecule has 0 amide bonds. The summed E-state index contributed by atoms with van der Waals surface area (Å²) >= 11 is 0. The van der Waals surface area contributed by atoms with Crippen LogP contribution in [0.4, 0.5) is 4.39 Å². The molecule has 1 aliphatic heterocycles. The molecular formula is C21H26FN7O6S. The smallest absolute Gasteiger partial charge is 0.245 e. The molecule has 0 bridgehead atoms. The standard InChI is InChI=1S/C21H26FN7O6S/c1-12(18-23-7-14(22)8-24-18)13(2)36(30,31)10-16-27-28-19(15-9-34-5-6-35-15)29(16)17-20(32-3)25-11-26-21(17)33-4/h7-8,11-13,15H,5-6,9-10H2,1-4H3/t12-,13-,15+/m0/s1. The first-order chi connectivity index (χ1) is 17.3. The van der Waals surface area contributed by atoms with E-state index >= 15 is 0 Å². The minimum absolute atomic E-state index is 0.0737. The number of rotatable bonds is 9. The molecule has 3 aromatic heterocycles. The van der Waals surface area contributed by atoms with Crippen molar-refractivity contribution in [3.8, 4) is 17.4 Å². The summed E-state index contributed by atoms with van der Waals surface area (Å²) < 4.78 is 63.9. The van der Waals surface area contributed by atoms with E-state index in [1.807, 2.05) is 0 Å². The fourth-order valence-corrected chi connectivity index (χ4v) is 5.29. The van der Waals surface area contributed by atoms with Crippen molar-refractivity contribution in [2.45, 2.75) is 36.9 Å². The number of aromatic nitrogens is 7. The molecule has 1 fully saturated rings. The maximum Gasteiger partial charge on any atom is 0.245 e. The molecule has 0 spiro atoms. The van der Waals surface area contributed by atoms with Crippen molar-refractivity contribution in [1.82, 2.24) is 34.7 Å². The molecule has 0 saturated carbocycles. The Balaban J connectivity index is 1.77. The van der Waals surface area contributed by atoms with Gasteiger partial charge in [0.15, 0.2) is 33.0 Å². The predicted molar refractivity (Wildman–Crippen MR) is 122 cm³/mol. The Morgan fingerprint density at radius 1 is 1.08 bits per heavy atom. The zero-order valence-corrected chi connectivity index (χ0v) is 21.0. The summed E-state index contributed by atoms with van der Waals surface area (Å²) in [5.74, 6) is -0.907. The zero-order valence-electron chi connectivity index (χ0n) is 20.2. The van der Waals surface area contributed by atoms with Crippen LogP contribution in [0.2, 0.25) is 0 Å². The highest BCUT2D eigenvalue weighted by atomic mass is 32.2. The molecule has 0 unspecified atom stereocenters. The molecule has 1 saturated heterocycles. The third-order valence-electron chi connectivity index (χ3n) is 5.87. The molecule has 36 heavy (non-hydrogen) atoms. The van der Waals surface area contributed by atoms with Gasteiger partial charge in [-0.1, -0.05) is 6.92 Å². The van der Waals surface area contributed by atoms with E-state index in [2.05, 4.69) is 30.1 Å². The van der Waals surface area contributed by atoms with Gasteiger partial charge in [0, 0.05) is 5.92 Å². The van der Waals surface area contributed by atoms with E-state index < -0.39 is 38.7 Å². The molecule has 4 rings (SSSR count). The maximum atomic E-state index is 13.5. The molecule has 3 atom stereocenters. The van der Waals surface area contributed by atoms with E-state index in [-0.39, 0.29) is 41.5 Å². The number of sulfone groups is 1. The summed E-state index contributed by atoms with van der Waals surface area (Å²) in [5, 5.41) is 7.49. The Labute approximate surface area is 207 Å². The summed E-state index contributed by atoms with van der Waals surface area (Å²) in [4.78, 5) is 16.1. The van der Waals surface area contributed by atoms with Crippen LogP contribution in [0.1, 0.15) is 43.3 Å². The Hall–Kier alpha value is -3.30. The van der Waals surface area contributed by atoms with Crippen molar-refractivity contribution in [3.63, 3.8) is 0 Å². The highest BCUT2D eigenvalue weighted by molar-refractivity contribution is 7.91. The monoisotopic (exact) mass is 523 g/mol. The second-order valence-electron chi connectivity index (χ2n) is 8.05. The lowest BCUT2D eigenvalue weighted by molar-refractivity contribution is -0.0942. The van der Waals surface area contributed by atoms with Crippen LogP contribution in [-0.4, -0.2) is 82.4 Å². The van der Waals surface area contributed by atoms with Crippen LogP contribution in [0.15, 0.2) is 18.7 Å². The van der Waals surface area contributed by atoms with Gasteiger partial charge in [0.05, 0.1) is 51.7 Å². The van der Waals surface area contributed by atoms with Gasteiger partial charge in [0.1, 0.15) is 24.0 Å². The lowest BCUT2D eigenvalue weighted by atomic mass is 10.1. The van der Waals surface area contributed by atoms with E-state index in [9.17, 15) is 12.8 Å². The SMILES string of the molecule is COc1ncnc(OC)c1-n1c(CS(=O)(=O)[C@@H](C)[C@H](C)c2ncc(F)cn2)nnc1[C@H]1COCCO1. The minimum atomic E-state index is -3.85. The third-order valence-corrected chi connectivity index (χ3v) is 8.07. The van der Waals surface area contributed by atoms with Crippen LogP contribution in [-0.2, 0) is 25.1 Å². The highest BCUT2D eigenvalue weighted by Gasteiger charge is 2.35. The van der Waals surface area contributed by atoms with Crippen molar-refractivity contribution >= 4 is 9.84 Å². The number of methoxy groups -OCH3 is 2. The molecule has 13 nitrogen and oxygen atoms in total. The first kappa shape index (κ1) is 25.8. The normalized spacial score (nSPS) is 18.0. The van der Waals surface area contributed by atoms with Gasteiger partial charge in [-0.3, -0.25) is 4.57 Å². The molecule has 0 N–H and O–H groups in total. The van der Waals surface area contributed by atoms with Gasteiger partial charge in [-0.25, -0.2) is 22.8 Å². The number of ether oxygens (including phenoxy) is 4. The molecule has 15 heteroatoms. The van der Waals surface area contributed by atoms with Crippen molar-refractivity contribution < 1.29 is 31.8 Å². The van der Waals surface area contributed by atoms with Crippen LogP contribution in [0, 0.1) is 5.82 Å². The zero-order chi connectivity index (χ0) is 25.9. The van der Waals surface area contributed by atoms with Crippen molar-refractivity contribution in [2.24, 2.45) is 0 Å². The van der Waals surface area contributed by atoms with Gasteiger partial charge in [-0.2, -0.15) is 9.97 Å². The average molecular weight is 524 g/mol. The fourth-order valence-electron chi connectivity index (χ4n) is 3.74. The van der Waals surface area contributed by atoms with Crippen LogP contribution in [0.25, 0.3) is 5.69 Å². The first-order valence-electron chi connectivity index (χ1n) is 11.0. The molecule has 0 aromatic carbocycles. The molecule has 4 heterocycles. The average Bonchev–Trinajstić information content (AvgIpc) is 3.30. The van der Waals surface area contributed by atoms with Gasteiger partial charge >= 0.3 is 0 Å². The lowest BCUT2D eigenvalue weighted by Gasteiger charge is -2.24. The van der Waals surface area contributed by atoms with Crippen LogP contribution in [0.5, 0.6) is 11.8 Å². The summed E-state index contributed by atoms with van der Waals surface area (Å²) in [6.45, 7) is 4.15. The fraction of sp³-hybridized carbons (Fsp3) is 0.524. The first-order valence-corrected chi connectivity index (χ1v) is 12.7.